The summed E-state index contributed by atoms with van der Waals surface area (Å²) in [7, 11) is 0. The van der Waals surface area contributed by atoms with Gasteiger partial charge in [0, 0.05) is 18.7 Å². The molecule has 6 heteroatoms. The second-order valence-corrected chi connectivity index (χ2v) is 5.48. The number of nitrogens with one attached hydrogen (secondary N) is 1. The number of aromatic nitrogens is 3. The normalized spacial score (nSPS) is 11.2. The van der Waals surface area contributed by atoms with E-state index in [1.807, 2.05) is 34.7 Å². The highest BCUT2D eigenvalue weighted by molar-refractivity contribution is 5.86. The molecular weight excluding hydrogens is 305 g/mol. The van der Waals surface area contributed by atoms with Crippen LogP contribution >= 0.6 is 0 Å². The highest BCUT2D eigenvalue weighted by Crippen LogP contribution is 2.28. The van der Waals surface area contributed by atoms with Crippen molar-refractivity contribution in [2.75, 3.05) is 18.4 Å². The fourth-order valence-corrected chi connectivity index (χ4v) is 2.84. The van der Waals surface area contributed by atoms with Crippen molar-refractivity contribution in [3.8, 4) is 11.3 Å². The second kappa shape index (κ2) is 5.90. The van der Waals surface area contributed by atoms with Crippen LogP contribution in [-0.2, 0) is 0 Å². The van der Waals surface area contributed by atoms with Crippen LogP contribution < -0.4 is 11.1 Å². The van der Waals surface area contributed by atoms with Crippen molar-refractivity contribution in [3.05, 3.63) is 60.5 Å². The summed E-state index contributed by atoms with van der Waals surface area (Å²) >= 11 is 0. The van der Waals surface area contributed by atoms with Crippen LogP contribution in [0.2, 0.25) is 0 Å². The summed E-state index contributed by atoms with van der Waals surface area (Å²) in [6.07, 6.45) is 1.74. The summed E-state index contributed by atoms with van der Waals surface area (Å²) in [6, 6.07) is 14.3. The quantitative estimate of drug-likeness (QED) is 0.606. The van der Waals surface area contributed by atoms with Gasteiger partial charge in [0.25, 0.3) is 0 Å². The minimum absolute atomic E-state index is 0.276. The average molecular weight is 321 g/mol. The van der Waals surface area contributed by atoms with Crippen LogP contribution in [0.5, 0.6) is 0 Å². The fraction of sp³-hybridized carbons (Fsp3) is 0.111. The molecule has 0 saturated carbocycles. The van der Waals surface area contributed by atoms with Gasteiger partial charge in [-0.2, -0.15) is 0 Å². The van der Waals surface area contributed by atoms with Crippen LogP contribution in [0.25, 0.3) is 27.9 Å². The van der Waals surface area contributed by atoms with E-state index >= 15 is 0 Å². The second-order valence-electron chi connectivity index (χ2n) is 5.48. The highest BCUT2D eigenvalue weighted by atomic mass is 19.1. The zero-order valence-electron chi connectivity index (χ0n) is 12.9. The first-order valence-corrected chi connectivity index (χ1v) is 7.74. The standard InChI is InChI=1S/C18H16FN5/c19-13-5-3-4-12(10-13)16-11-22-18-17(21-9-8-20)23-14-6-1-2-7-15(14)24(16)18/h1-7,10-11H,8-9,20H2,(H,21,23). The van der Waals surface area contributed by atoms with E-state index in [2.05, 4.69) is 15.3 Å². The van der Waals surface area contributed by atoms with Gasteiger partial charge in [-0.3, -0.25) is 4.40 Å². The number of halogens is 1. The van der Waals surface area contributed by atoms with E-state index < -0.39 is 0 Å². The molecule has 0 aliphatic heterocycles. The van der Waals surface area contributed by atoms with Crippen LogP contribution in [-0.4, -0.2) is 27.5 Å². The van der Waals surface area contributed by atoms with Crippen LogP contribution in [0.4, 0.5) is 10.2 Å². The van der Waals surface area contributed by atoms with Crippen molar-refractivity contribution < 1.29 is 4.39 Å². The Bertz CT molecular complexity index is 1020. The molecule has 2 heterocycles. The number of fused-ring (bicyclic) bond motifs is 3. The maximum absolute atomic E-state index is 13.7. The number of benzene rings is 2. The summed E-state index contributed by atoms with van der Waals surface area (Å²) in [5.41, 5.74) is 9.62. The summed E-state index contributed by atoms with van der Waals surface area (Å²) in [5.74, 6) is 0.393. The van der Waals surface area contributed by atoms with E-state index in [1.165, 1.54) is 12.1 Å². The zero-order valence-corrected chi connectivity index (χ0v) is 12.9. The number of imidazole rings is 1. The van der Waals surface area contributed by atoms with Gasteiger partial charge in [-0.05, 0) is 24.3 Å². The Morgan fingerprint density at radius 2 is 2.00 bits per heavy atom. The van der Waals surface area contributed by atoms with Crippen molar-refractivity contribution >= 4 is 22.5 Å². The van der Waals surface area contributed by atoms with E-state index in [-0.39, 0.29) is 5.82 Å². The number of hydrogen-bond donors (Lipinski definition) is 2. The van der Waals surface area contributed by atoms with E-state index in [0.29, 0.717) is 24.6 Å². The molecule has 0 radical (unpaired) electrons. The fourth-order valence-electron chi connectivity index (χ4n) is 2.84. The monoisotopic (exact) mass is 321 g/mol. The molecule has 2 aromatic heterocycles. The third kappa shape index (κ3) is 2.37. The van der Waals surface area contributed by atoms with Crippen molar-refractivity contribution in [1.82, 2.24) is 14.4 Å². The van der Waals surface area contributed by atoms with Crippen molar-refractivity contribution in [3.63, 3.8) is 0 Å². The maximum atomic E-state index is 13.7. The molecule has 3 N–H and O–H groups in total. The number of nitrogens with zero attached hydrogens (tertiary/aromatic N) is 3. The number of hydrogen-bond acceptors (Lipinski definition) is 4. The highest BCUT2D eigenvalue weighted by Gasteiger charge is 2.14. The van der Waals surface area contributed by atoms with Gasteiger partial charge in [0.15, 0.2) is 11.5 Å². The lowest BCUT2D eigenvalue weighted by atomic mass is 10.1. The van der Waals surface area contributed by atoms with E-state index in [1.54, 1.807) is 12.3 Å². The molecule has 0 atom stereocenters. The first-order chi connectivity index (χ1) is 11.8. The van der Waals surface area contributed by atoms with Crippen molar-refractivity contribution in [1.29, 1.82) is 0 Å². The third-order valence-corrected chi connectivity index (χ3v) is 3.89. The molecule has 5 nitrogen and oxygen atoms in total. The largest absolute Gasteiger partial charge is 0.366 e. The van der Waals surface area contributed by atoms with E-state index in [0.717, 1.165) is 22.3 Å². The molecular formula is C18H16FN5. The molecule has 0 saturated heterocycles. The van der Waals surface area contributed by atoms with Crippen molar-refractivity contribution in [2.24, 2.45) is 5.73 Å². The van der Waals surface area contributed by atoms with Crippen LogP contribution in [0.15, 0.2) is 54.7 Å². The molecule has 0 amide bonds. The molecule has 24 heavy (non-hydrogen) atoms. The summed E-state index contributed by atoms with van der Waals surface area (Å²) in [6.45, 7) is 1.10. The molecule has 0 bridgehead atoms. The zero-order chi connectivity index (χ0) is 16.5. The average Bonchev–Trinajstić information content (AvgIpc) is 3.05. The van der Waals surface area contributed by atoms with Crippen molar-refractivity contribution in [2.45, 2.75) is 0 Å². The summed E-state index contributed by atoms with van der Waals surface area (Å²) in [4.78, 5) is 9.14. The Balaban J connectivity index is 2.04. The minimum Gasteiger partial charge on any atom is -0.366 e. The molecule has 4 rings (SSSR count). The SMILES string of the molecule is NCCNc1nc2ccccc2n2c(-c3cccc(F)c3)cnc12. The van der Waals surface area contributed by atoms with Gasteiger partial charge >= 0.3 is 0 Å². The number of rotatable bonds is 4. The maximum Gasteiger partial charge on any atom is 0.181 e. The molecule has 0 unspecified atom stereocenters. The number of para-hydroxylation sites is 2. The predicted octanol–water partition coefficient (Wildman–Crippen LogP) is 3.06. The Hall–Kier alpha value is -2.99. The Kier molecular flexibility index (Phi) is 3.59. The Morgan fingerprint density at radius 3 is 2.83 bits per heavy atom. The van der Waals surface area contributed by atoms with Gasteiger partial charge < -0.3 is 11.1 Å². The van der Waals surface area contributed by atoms with Gasteiger partial charge in [0.2, 0.25) is 0 Å². The Morgan fingerprint density at radius 1 is 1.12 bits per heavy atom. The van der Waals surface area contributed by atoms with Gasteiger partial charge in [-0.15, -0.1) is 0 Å². The molecule has 0 spiro atoms. The molecule has 4 aromatic rings. The first-order valence-electron chi connectivity index (χ1n) is 7.74. The van der Waals surface area contributed by atoms with Crippen LogP contribution in [0.3, 0.4) is 0 Å². The first kappa shape index (κ1) is 14.6. The Labute approximate surface area is 138 Å². The minimum atomic E-state index is -0.276. The smallest absolute Gasteiger partial charge is 0.181 e. The topological polar surface area (TPSA) is 68.2 Å². The molecule has 0 fully saturated rings. The summed E-state index contributed by atoms with van der Waals surface area (Å²) < 4.78 is 15.6. The molecule has 2 aromatic carbocycles. The van der Waals surface area contributed by atoms with Crippen LogP contribution in [0, 0.1) is 5.82 Å². The van der Waals surface area contributed by atoms with E-state index in [4.69, 9.17) is 5.73 Å². The molecule has 0 aliphatic rings. The lowest BCUT2D eigenvalue weighted by molar-refractivity contribution is 0.628. The lowest BCUT2D eigenvalue weighted by Crippen LogP contribution is -2.15. The number of anilines is 1. The van der Waals surface area contributed by atoms with Crippen LogP contribution in [0.1, 0.15) is 0 Å². The van der Waals surface area contributed by atoms with Gasteiger partial charge in [0.1, 0.15) is 5.82 Å². The van der Waals surface area contributed by atoms with E-state index in [9.17, 15) is 4.39 Å². The predicted molar refractivity (Wildman–Crippen MR) is 93.4 cm³/mol. The van der Waals surface area contributed by atoms with Gasteiger partial charge in [0.05, 0.1) is 22.9 Å². The summed E-state index contributed by atoms with van der Waals surface area (Å²) in [5, 5.41) is 3.21. The molecule has 0 aliphatic carbocycles. The third-order valence-electron chi connectivity index (χ3n) is 3.89. The lowest BCUT2D eigenvalue weighted by Gasteiger charge is -2.11. The molecule has 120 valence electrons. The van der Waals surface area contributed by atoms with Gasteiger partial charge in [-0.1, -0.05) is 24.3 Å². The van der Waals surface area contributed by atoms with Gasteiger partial charge in [-0.25, -0.2) is 14.4 Å². The number of nitrogens with two attached hydrogens (primary N) is 1.